The van der Waals surface area contributed by atoms with Gasteiger partial charge in [0.05, 0.1) is 12.2 Å². The predicted octanol–water partition coefficient (Wildman–Crippen LogP) is 5.71. The van der Waals surface area contributed by atoms with Crippen LogP contribution in [0.25, 0.3) is 11.3 Å². The Morgan fingerprint density at radius 1 is 1.00 bits per heavy atom. The van der Waals surface area contributed by atoms with Gasteiger partial charge >= 0.3 is 19.3 Å². The highest BCUT2D eigenvalue weighted by atomic mass is 19.5. The average Bonchev–Trinajstić information content (AvgIpc) is 2.47. The van der Waals surface area contributed by atoms with Crippen molar-refractivity contribution in [2.24, 2.45) is 0 Å². The Labute approximate surface area is 126 Å². The molecule has 1 aromatic heterocycles. The molecule has 2 rings (SSSR count). The van der Waals surface area contributed by atoms with E-state index in [4.69, 9.17) is 9.15 Å². The quantitative estimate of drug-likeness (QED) is 0.305. The van der Waals surface area contributed by atoms with E-state index in [0.29, 0.717) is 0 Å². The van der Waals surface area contributed by atoms with Crippen molar-refractivity contribution in [2.75, 3.05) is 6.61 Å². The van der Waals surface area contributed by atoms with Gasteiger partial charge in [0, 0.05) is 12.1 Å². The average molecular weight is 316 g/mol. The molecule has 0 aliphatic carbocycles. The van der Waals surface area contributed by atoms with E-state index in [1.165, 1.54) is 0 Å². The van der Waals surface area contributed by atoms with Crippen LogP contribution in [0.4, 0.5) is 17.3 Å². The van der Waals surface area contributed by atoms with Crippen LogP contribution in [0.1, 0.15) is 19.8 Å². The van der Waals surface area contributed by atoms with Gasteiger partial charge in [0.1, 0.15) is 5.75 Å². The molecule has 2 aromatic rings. The van der Waals surface area contributed by atoms with Crippen molar-refractivity contribution >= 4 is 7.25 Å². The van der Waals surface area contributed by atoms with Gasteiger partial charge in [-0.2, -0.15) is 0 Å². The molecule has 2 nitrogen and oxygen atoms in total. The SMILES string of the molecule is CCCCOc1ccc(-c2cccc[o+]2)cc1.F[B-](F)(F)F. The van der Waals surface area contributed by atoms with E-state index in [-0.39, 0.29) is 0 Å². The van der Waals surface area contributed by atoms with Crippen LogP contribution in [0.15, 0.2) is 53.1 Å². The first-order valence-corrected chi connectivity index (χ1v) is 6.87. The number of ether oxygens (including phenoxy) is 1. The summed E-state index contributed by atoms with van der Waals surface area (Å²) in [5, 5.41) is 0. The number of unbranched alkanes of at least 4 members (excludes halogenated alkanes) is 1. The molecule has 0 fully saturated rings. The van der Waals surface area contributed by atoms with Crippen LogP contribution in [0.5, 0.6) is 5.75 Å². The summed E-state index contributed by atoms with van der Waals surface area (Å²) in [7, 11) is -6.00. The fourth-order valence-electron chi connectivity index (χ4n) is 1.55. The summed E-state index contributed by atoms with van der Waals surface area (Å²) in [6, 6.07) is 13.8. The third-order valence-corrected chi connectivity index (χ3v) is 2.54. The summed E-state index contributed by atoms with van der Waals surface area (Å²) in [4.78, 5) is 0. The molecule has 7 heteroatoms. The maximum atomic E-state index is 9.75. The lowest BCUT2D eigenvalue weighted by atomic mass is 10.1. The second kappa shape index (κ2) is 9.07. The summed E-state index contributed by atoms with van der Waals surface area (Å²) in [6.45, 7) is 2.94. The highest BCUT2D eigenvalue weighted by molar-refractivity contribution is 6.50. The molecule has 0 spiro atoms. The third kappa shape index (κ3) is 8.29. The van der Waals surface area contributed by atoms with Gasteiger partial charge < -0.3 is 22.0 Å². The van der Waals surface area contributed by atoms with E-state index in [2.05, 4.69) is 6.92 Å². The van der Waals surface area contributed by atoms with Crippen molar-refractivity contribution in [1.29, 1.82) is 0 Å². The second-order valence-corrected chi connectivity index (χ2v) is 4.39. The first kappa shape index (κ1) is 18.0. The fourth-order valence-corrected chi connectivity index (χ4v) is 1.55. The number of hydrogen-bond donors (Lipinski definition) is 0. The molecule has 1 aromatic carbocycles. The fraction of sp³-hybridized carbons (Fsp3) is 0.267. The maximum absolute atomic E-state index is 9.75. The molecule has 0 radical (unpaired) electrons. The minimum Gasteiger partial charge on any atom is -0.494 e. The van der Waals surface area contributed by atoms with Crippen molar-refractivity contribution in [3.8, 4) is 17.1 Å². The minimum atomic E-state index is -6.00. The van der Waals surface area contributed by atoms with Crippen molar-refractivity contribution in [3.63, 3.8) is 0 Å². The zero-order chi connectivity index (χ0) is 16.4. The highest BCUT2D eigenvalue weighted by Gasteiger charge is 2.20. The number of benzene rings is 1. The van der Waals surface area contributed by atoms with E-state index in [9.17, 15) is 17.3 Å². The first-order valence-electron chi connectivity index (χ1n) is 6.87. The van der Waals surface area contributed by atoms with Crippen LogP contribution in [-0.4, -0.2) is 13.9 Å². The molecular weight excluding hydrogens is 299 g/mol. The van der Waals surface area contributed by atoms with Gasteiger partial charge in [-0.05, 0) is 36.8 Å². The Bertz CT molecular complexity index is 523. The van der Waals surface area contributed by atoms with Gasteiger partial charge in [-0.25, -0.2) is 4.42 Å². The molecule has 120 valence electrons. The predicted molar refractivity (Wildman–Crippen MR) is 79.1 cm³/mol. The summed E-state index contributed by atoms with van der Waals surface area (Å²) in [6.07, 6.45) is 3.93. The monoisotopic (exact) mass is 316 g/mol. The zero-order valence-electron chi connectivity index (χ0n) is 12.1. The molecule has 0 aliphatic rings. The van der Waals surface area contributed by atoms with E-state index < -0.39 is 7.25 Å². The van der Waals surface area contributed by atoms with Crippen LogP contribution >= 0.6 is 0 Å². The van der Waals surface area contributed by atoms with Crippen molar-refractivity contribution in [2.45, 2.75) is 19.8 Å². The van der Waals surface area contributed by atoms with Gasteiger partial charge in [-0.1, -0.05) is 13.3 Å². The molecule has 0 N–H and O–H groups in total. The van der Waals surface area contributed by atoms with Crippen LogP contribution < -0.4 is 4.74 Å². The summed E-state index contributed by atoms with van der Waals surface area (Å²) < 4.78 is 50.0. The molecule has 0 bridgehead atoms. The van der Waals surface area contributed by atoms with Crippen LogP contribution in [0.3, 0.4) is 0 Å². The Kier molecular flexibility index (Phi) is 7.42. The molecule has 0 atom stereocenters. The Hall–Kier alpha value is -2.05. The van der Waals surface area contributed by atoms with E-state index in [0.717, 1.165) is 36.5 Å². The normalized spacial score (nSPS) is 10.6. The number of halogens is 4. The lowest BCUT2D eigenvalue weighted by molar-refractivity contribution is 0.309. The zero-order valence-corrected chi connectivity index (χ0v) is 12.1. The first-order chi connectivity index (χ1) is 10.4. The Morgan fingerprint density at radius 2 is 1.64 bits per heavy atom. The van der Waals surface area contributed by atoms with Gasteiger partial charge in [0.25, 0.3) is 0 Å². The molecule has 0 aliphatic heterocycles. The van der Waals surface area contributed by atoms with Gasteiger partial charge in [-0.3, -0.25) is 0 Å². The number of hydrogen-bond acceptors (Lipinski definition) is 1. The standard InChI is InChI=1S/C15H17O2.BF4/c1-2-3-11-16-14-9-7-13(8-10-14)15-6-4-5-12-17-15;2-1(3,4)5/h4-10,12H,2-3,11H2,1H3;/q+1;-1. The summed E-state index contributed by atoms with van der Waals surface area (Å²) >= 11 is 0. The van der Waals surface area contributed by atoms with Crippen LogP contribution in [-0.2, 0) is 0 Å². The van der Waals surface area contributed by atoms with Crippen molar-refractivity contribution in [1.82, 2.24) is 0 Å². The maximum Gasteiger partial charge on any atom is 0.673 e. The molecule has 0 saturated carbocycles. The van der Waals surface area contributed by atoms with Gasteiger partial charge in [-0.15, -0.1) is 0 Å². The van der Waals surface area contributed by atoms with Crippen LogP contribution in [0.2, 0.25) is 0 Å². The summed E-state index contributed by atoms with van der Waals surface area (Å²) in [5.41, 5.74) is 1.06. The van der Waals surface area contributed by atoms with Gasteiger partial charge in [0.15, 0.2) is 0 Å². The topological polar surface area (TPSA) is 20.5 Å². The summed E-state index contributed by atoms with van der Waals surface area (Å²) in [5.74, 6) is 1.78. The van der Waals surface area contributed by atoms with Crippen molar-refractivity contribution < 1.29 is 26.4 Å². The minimum absolute atomic E-state index is 0.783. The molecule has 22 heavy (non-hydrogen) atoms. The van der Waals surface area contributed by atoms with Crippen LogP contribution in [0, 0.1) is 0 Å². The number of rotatable bonds is 5. The molecule has 0 unspecified atom stereocenters. The van der Waals surface area contributed by atoms with E-state index in [1.54, 1.807) is 6.26 Å². The molecule has 0 saturated heterocycles. The Morgan fingerprint density at radius 3 is 2.14 bits per heavy atom. The lowest BCUT2D eigenvalue weighted by Crippen LogP contribution is -2.02. The molecular formula is C15H17BF4O2. The van der Waals surface area contributed by atoms with E-state index in [1.807, 2.05) is 42.5 Å². The third-order valence-electron chi connectivity index (χ3n) is 2.54. The highest BCUT2D eigenvalue weighted by Crippen LogP contribution is 2.22. The molecule has 1 heterocycles. The second-order valence-electron chi connectivity index (χ2n) is 4.39. The van der Waals surface area contributed by atoms with E-state index >= 15 is 0 Å². The largest absolute Gasteiger partial charge is 0.673 e. The molecule has 0 amide bonds. The van der Waals surface area contributed by atoms with Gasteiger partial charge in [0.2, 0.25) is 0 Å². The Balaban J connectivity index is 0.000000422. The lowest BCUT2D eigenvalue weighted by Gasteiger charge is -2.04. The smallest absolute Gasteiger partial charge is 0.494 e. The van der Waals surface area contributed by atoms with Crippen molar-refractivity contribution in [3.05, 3.63) is 48.7 Å².